The van der Waals surface area contributed by atoms with E-state index in [4.69, 9.17) is 4.42 Å². The van der Waals surface area contributed by atoms with Gasteiger partial charge in [0.15, 0.2) is 5.78 Å². The molecular formula is C16H20O6. The van der Waals surface area contributed by atoms with E-state index < -0.39 is 17.4 Å². The Morgan fingerprint density at radius 1 is 1.45 bits per heavy atom. The second kappa shape index (κ2) is 8.17. The van der Waals surface area contributed by atoms with Gasteiger partial charge in [-0.25, -0.2) is 9.59 Å². The van der Waals surface area contributed by atoms with E-state index in [9.17, 15) is 19.5 Å². The van der Waals surface area contributed by atoms with Crippen LogP contribution in [0, 0.1) is 0 Å². The van der Waals surface area contributed by atoms with Crippen LogP contribution >= 0.6 is 0 Å². The maximum atomic E-state index is 11.8. The molecule has 0 bridgehead atoms. The van der Waals surface area contributed by atoms with Crippen LogP contribution in [0.2, 0.25) is 0 Å². The minimum atomic E-state index is -0.821. The zero-order chi connectivity index (χ0) is 16.7. The number of Topliss-reactive ketones (excluding diaryl/α,β-unsaturated/α-hetero) is 1. The number of methoxy groups -OCH3 is 1. The third kappa shape index (κ3) is 4.58. The smallest absolute Gasteiger partial charge is 0.350 e. The Balaban J connectivity index is 2.81. The summed E-state index contributed by atoms with van der Waals surface area (Å²) in [6, 6.07) is 1.30. The van der Waals surface area contributed by atoms with Crippen LogP contribution in [0.3, 0.4) is 0 Å². The molecule has 0 amide bonds. The predicted molar refractivity (Wildman–Crippen MR) is 80.1 cm³/mol. The van der Waals surface area contributed by atoms with Crippen molar-refractivity contribution in [1.29, 1.82) is 0 Å². The Labute approximate surface area is 128 Å². The van der Waals surface area contributed by atoms with Crippen LogP contribution in [-0.4, -0.2) is 24.0 Å². The monoisotopic (exact) mass is 308 g/mol. The molecule has 0 saturated carbocycles. The lowest BCUT2D eigenvalue weighted by atomic mass is 10.0. The molecule has 6 nitrogen and oxygen atoms in total. The second-order valence-corrected chi connectivity index (χ2v) is 4.88. The number of rotatable bonds is 7. The largest absolute Gasteiger partial charge is 0.507 e. The first-order chi connectivity index (χ1) is 10.4. The number of ketones is 1. The third-order valence-electron chi connectivity index (χ3n) is 3.26. The molecule has 0 spiro atoms. The van der Waals surface area contributed by atoms with Crippen molar-refractivity contribution in [2.24, 2.45) is 0 Å². The average Bonchev–Trinajstić information content (AvgIpc) is 2.49. The van der Waals surface area contributed by atoms with E-state index in [1.54, 1.807) is 13.0 Å². The molecular weight excluding hydrogens is 288 g/mol. The molecule has 0 aliphatic rings. The molecule has 1 N–H and O–H groups in total. The molecule has 1 rings (SSSR count). The Bertz CT molecular complexity index is 626. The topological polar surface area (TPSA) is 93.8 Å². The standard InChI is InChI=1S/C16H20O6/c1-4-11(17)15-12(18)9-13(22-16(15)20)10(2)7-5-6-8-14(19)21-3/h6,8-10,18H,4-5,7H2,1-3H3/b8-6+/t10-/m1/s1. The van der Waals surface area contributed by atoms with Crippen molar-refractivity contribution in [3.63, 3.8) is 0 Å². The summed E-state index contributed by atoms with van der Waals surface area (Å²) < 4.78 is 9.59. The van der Waals surface area contributed by atoms with Gasteiger partial charge in [0.2, 0.25) is 0 Å². The van der Waals surface area contributed by atoms with Gasteiger partial charge in [0.05, 0.1) is 7.11 Å². The molecule has 22 heavy (non-hydrogen) atoms. The lowest BCUT2D eigenvalue weighted by Crippen LogP contribution is -2.15. The number of ether oxygens (including phenoxy) is 1. The molecule has 1 aromatic heterocycles. The van der Waals surface area contributed by atoms with E-state index in [-0.39, 0.29) is 23.7 Å². The number of hydrogen-bond donors (Lipinski definition) is 1. The predicted octanol–water partition coefficient (Wildman–Crippen LogP) is 2.55. The fourth-order valence-corrected chi connectivity index (χ4v) is 1.91. The van der Waals surface area contributed by atoms with Gasteiger partial charge < -0.3 is 14.3 Å². The SMILES string of the molecule is CCC(=O)c1c(O)cc([C@H](C)CC/C=C/C(=O)OC)oc1=O. The number of allylic oxidation sites excluding steroid dienone is 1. The summed E-state index contributed by atoms with van der Waals surface area (Å²) in [6.07, 6.45) is 4.29. The lowest BCUT2D eigenvalue weighted by molar-refractivity contribution is -0.134. The van der Waals surface area contributed by atoms with Crippen LogP contribution in [-0.2, 0) is 9.53 Å². The minimum absolute atomic E-state index is 0.117. The van der Waals surface area contributed by atoms with E-state index in [0.717, 1.165) is 0 Å². The summed E-state index contributed by atoms with van der Waals surface area (Å²) in [6.45, 7) is 3.43. The first kappa shape index (κ1) is 17.7. The summed E-state index contributed by atoms with van der Waals surface area (Å²) in [5, 5.41) is 9.84. The van der Waals surface area contributed by atoms with Crippen LogP contribution in [0.15, 0.2) is 27.4 Å². The normalized spacial score (nSPS) is 12.3. The summed E-state index contributed by atoms with van der Waals surface area (Å²) in [5.74, 6) is -1.07. The van der Waals surface area contributed by atoms with E-state index >= 15 is 0 Å². The summed E-state index contributed by atoms with van der Waals surface area (Å²) in [5.41, 5.74) is -1.12. The molecule has 1 atom stereocenters. The Morgan fingerprint density at radius 2 is 2.14 bits per heavy atom. The van der Waals surface area contributed by atoms with Gasteiger partial charge in [-0.1, -0.05) is 19.9 Å². The summed E-state index contributed by atoms with van der Waals surface area (Å²) in [4.78, 5) is 34.3. The highest BCUT2D eigenvalue weighted by Crippen LogP contribution is 2.25. The fourth-order valence-electron chi connectivity index (χ4n) is 1.91. The van der Waals surface area contributed by atoms with Crippen LogP contribution in [0.5, 0.6) is 5.75 Å². The Morgan fingerprint density at radius 3 is 2.68 bits per heavy atom. The van der Waals surface area contributed by atoms with Crippen molar-refractivity contribution < 1.29 is 23.8 Å². The second-order valence-electron chi connectivity index (χ2n) is 4.88. The molecule has 1 heterocycles. The highest BCUT2D eigenvalue weighted by Gasteiger charge is 2.19. The van der Waals surface area contributed by atoms with Gasteiger partial charge in [0.1, 0.15) is 17.1 Å². The molecule has 0 saturated heterocycles. The molecule has 6 heteroatoms. The van der Waals surface area contributed by atoms with Crippen LogP contribution < -0.4 is 5.63 Å². The highest BCUT2D eigenvalue weighted by molar-refractivity contribution is 5.97. The number of carbonyl (C=O) groups is 2. The molecule has 0 fully saturated rings. The number of aromatic hydroxyl groups is 1. The van der Waals surface area contributed by atoms with Gasteiger partial charge in [0.25, 0.3) is 0 Å². The van der Waals surface area contributed by atoms with E-state index in [2.05, 4.69) is 4.74 Å². The zero-order valence-corrected chi connectivity index (χ0v) is 12.9. The van der Waals surface area contributed by atoms with Crippen molar-refractivity contribution in [2.45, 2.75) is 39.0 Å². The maximum absolute atomic E-state index is 11.8. The average molecular weight is 308 g/mol. The molecule has 0 unspecified atom stereocenters. The van der Waals surface area contributed by atoms with E-state index in [1.165, 1.54) is 19.3 Å². The Kier molecular flexibility index (Phi) is 6.56. The highest BCUT2D eigenvalue weighted by atomic mass is 16.5. The van der Waals surface area contributed by atoms with Gasteiger partial charge in [-0.3, -0.25) is 4.79 Å². The van der Waals surface area contributed by atoms with Gasteiger partial charge in [-0.2, -0.15) is 0 Å². The van der Waals surface area contributed by atoms with Gasteiger partial charge in [-0.15, -0.1) is 0 Å². The molecule has 0 aliphatic carbocycles. The van der Waals surface area contributed by atoms with Gasteiger partial charge in [-0.05, 0) is 12.8 Å². The summed E-state index contributed by atoms with van der Waals surface area (Å²) >= 11 is 0. The van der Waals surface area contributed by atoms with Crippen LogP contribution in [0.1, 0.15) is 55.1 Å². The molecule has 0 aromatic carbocycles. The maximum Gasteiger partial charge on any atom is 0.350 e. The molecule has 0 aliphatic heterocycles. The summed E-state index contributed by atoms with van der Waals surface area (Å²) in [7, 11) is 1.30. The van der Waals surface area contributed by atoms with Gasteiger partial charge >= 0.3 is 11.6 Å². The molecule has 120 valence electrons. The lowest BCUT2D eigenvalue weighted by Gasteiger charge is -2.10. The van der Waals surface area contributed by atoms with Crippen molar-refractivity contribution in [3.05, 3.63) is 40.0 Å². The van der Waals surface area contributed by atoms with E-state index in [1.807, 2.05) is 6.92 Å². The first-order valence-corrected chi connectivity index (χ1v) is 7.05. The minimum Gasteiger partial charge on any atom is -0.507 e. The van der Waals surface area contributed by atoms with Crippen LogP contribution in [0.4, 0.5) is 0 Å². The van der Waals surface area contributed by atoms with Gasteiger partial charge in [0, 0.05) is 24.5 Å². The zero-order valence-electron chi connectivity index (χ0n) is 12.9. The van der Waals surface area contributed by atoms with Crippen molar-refractivity contribution in [1.82, 2.24) is 0 Å². The first-order valence-electron chi connectivity index (χ1n) is 7.05. The quantitative estimate of drug-likeness (QED) is 0.472. The number of hydrogen-bond acceptors (Lipinski definition) is 6. The fraction of sp³-hybridized carbons (Fsp3) is 0.438. The van der Waals surface area contributed by atoms with E-state index in [0.29, 0.717) is 18.6 Å². The Hall–Kier alpha value is -2.37. The van der Waals surface area contributed by atoms with Crippen LogP contribution in [0.25, 0.3) is 0 Å². The number of carbonyl (C=O) groups excluding carboxylic acids is 2. The molecule has 0 radical (unpaired) electrons. The third-order valence-corrected chi connectivity index (χ3v) is 3.26. The molecule has 1 aromatic rings. The van der Waals surface area contributed by atoms with Crippen molar-refractivity contribution >= 4 is 11.8 Å². The van der Waals surface area contributed by atoms with Crippen molar-refractivity contribution in [3.8, 4) is 5.75 Å². The number of esters is 1. The van der Waals surface area contributed by atoms with Crippen molar-refractivity contribution in [2.75, 3.05) is 7.11 Å².